The molecule has 0 aliphatic heterocycles. The number of hydrogen-bond donors (Lipinski definition) is 1. The van der Waals surface area contributed by atoms with Gasteiger partial charge in [-0.1, -0.05) is 25.5 Å². The van der Waals surface area contributed by atoms with Crippen molar-refractivity contribution in [1.82, 2.24) is 0 Å². The first-order chi connectivity index (χ1) is 9.60. The van der Waals surface area contributed by atoms with E-state index in [1.54, 1.807) is 11.3 Å². The molecule has 0 aliphatic rings. The van der Waals surface area contributed by atoms with E-state index >= 15 is 0 Å². The van der Waals surface area contributed by atoms with Crippen molar-refractivity contribution in [3.05, 3.63) is 50.6 Å². The Labute approximate surface area is 133 Å². The normalized spacial score (nSPS) is 14.0. The van der Waals surface area contributed by atoms with Crippen LogP contribution in [0.5, 0.6) is 5.75 Å². The number of nitrogens with two attached hydrogens (primary N) is 1. The number of benzene rings is 1. The molecule has 0 aliphatic carbocycles. The zero-order valence-corrected chi connectivity index (χ0v) is 14.2. The van der Waals surface area contributed by atoms with Gasteiger partial charge in [-0.05, 0) is 53.0 Å². The third-order valence-corrected chi connectivity index (χ3v) is 4.83. The fourth-order valence-electron chi connectivity index (χ4n) is 2.07. The Balaban J connectivity index is 2.12. The minimum Gasteiger partial charge on any atom is -0.483 e. The van der Waals surface area contributed by atoms with Crippen LogP contribution in [-0.2, 0) is 6.42 Å². The third kappa shape index (κ3) is 4.08. The molecule has 2 rings (SSSR count). The molecule has 0 bridgehead atoms. The molecular formula is C16H20BrNOS. The quantitative estimate of drug-likeness (QED) is 0.798. The van der Waals surface area contributed by atoms with E-state index in [9.17, 15) is 0 Å². The van der Waals surface area contributed by atoms with Crippen molar-refractivity contribution in [2.75, 3.05) is 0 Å². The third-order valence-electron chi connectivity index (χ3n) is 3.07. The first kappa shape index (κ1) is 15.5. The summed E-state index contributed by atoms with van der Waals surface area (Å²) >= 11 is 5.14. The Hall–Kier alpha value is -0.840. The molecule has 2 aromatic rings. The van der Waals surface area contributed by atoms with Crippen LogP contribution in [0.1, 0.15) is 36.8 Å². The molecule has 1 heterocycles. The summed E-state index contributed by atoms with van der Waals surface area (Å²) in [5.74, 6) is 0.872. The topological polar surface area (TPSA) is 35.2 Å². The molecule has 0 fully saturated rings. The minimum absolute atomic E-state index is 0.0594. The van der Waals surface area contributed by atoms with E-state index in [4.69, 9.17) is 10.5 Å². The van der Waals surface area contributed by atoms with Crippen LogP contribution in [0.4, 0.5) is 0 Å². The number of aryl methyl sites for hydroxylation is 1. The van der Waals surface area contributed by atoms with Gasteiger partial charge >= 0.3 is 0 Å². The highest BCUT2D eigenvalue weighted by Crippen LogP contribution is 2.31. The Bertz CT molecular complexity index is 536. The molecule has 2 nitrogen and oxygen atoms in total. The molecule has 0 saturated carbocycles. The lowest BCUT2D eigenvalue weighted by molar-refractivity contribution is 0.184. The Morgan fingerprint density at radius 3 is 2.50 bits per heavy atom. The summed E-state index contributed by atoms with van der Waals surface area (Å²) in [4.78, 5) is 1.14. The molecule has 1 aromatic heterocycles. The van der Waals surface area contributed by atoms with Gasteiger partial charge in [0.2, 0.25) is 0 Å². The van der Waals surface area contributed by atoms with E-state index in [1.807, 2.05) is 19.1 Å². The van der Waals surface area contributed by atoms with Gasteiger partial charge in [-0.25, -0.2) is 0 Å². The van der Waals surface area contributed by atoms with Crippen LogP contribution in [0.3, 0.4) is 0 Å². The Morgan fingerprint density at radius 1 is 1.30 bits per heavy atom. The van der Waals surface area contributed by atoms with Crippen molar-refractivity contribution in [1.29, 1.82) is 0 Å². The van der Waals surface area contributed by atoms with Crippen LogP contribution in [0.2, 0.25) is 0 Å². The standard InChI is InChI=1S/C16H20BrNOS/c1-3-4-12-5-7-14(8-6-12)19-16(11(2)18)15-9-13(17)10-20-15/h5-11,16H,3-4,18H2,1-2H3. The van der Waals surface area contributed by atoms with E-state index in [0.717, 1.165) is 27.9 Å². The van der Waals surface area contributed by atoms with Crippen LogP contribution in [0, 0.1) is 0 Å². The molecular weight excluding hydrogens is 334 g/mol. The zero-order chi connectivity index (χ0) is 14.5. The fraction of sp³-hybridized carbons (Fsp3) is 0.375. The number of rotatable bonds is 6. The predicted molar refractivity (Wildman–Crippen MR) is 89.5 cm³/mol. The first-order valence-corrected chi connectivity index (χ1v) is 8.52. The molecule has 2 N–H and O–H groups in total. The van der Waals surface area contributed by atoms with Gasteiger partial charge in [0.05, 0.1) is 0 Å². The molecule has 4 heteroatoms. The largest absolute Gasteiger partial charge is 0.483 e. The Kier molecular flexibility index (Phi) is 5.64. The van der Waals surface area contributed by atoms with Crippen LogP contribution < -0.4 is 10.5 Å². The van der Waals surface area contributed by atoms with Gasteiger partial charge in [0.1, 0.15) is 11.9 Å². The lowest BCUT2D eigenvalue weighted by Crippen LogP contribution is -2.28. The number of hydrogen-bond acceptors (Lipinski definition) is 3. The van der Waals surface area contributed by atoms with Crippen LogP contribution >= 0.6 is 27.3 Å². The van der Waals surface area contributed by atoms with E-state index < -0.39 is 0 Å². The van der Waals surface area contributed by atoms with E-state index in [2.05, 4.69) is 46.4 Å². The fourth-order valence-corrected chi connectivity index (χ4v) is 3.66. The molecule has 2 unspecified atom stereocenters. The minimum atomic E-state index is -0.108. The summed E-state index contributed by atoms with van der Waals surface area (Å²) in [6.45, 7) is 4.16. The molecule has 2 atom stereocenters. The lowest BCUT2D eigenvalue weighted by Gasteiger charge is -2.21. The highest BCUT2D eigenvalue weighted by atomic mass is 79.9. The van der Waals surface area contributed by atoms with Crippen molar-refractivity contribution in [3.63, 3.8) is 0 Å². The molecule has 0 amide bonds. The average molecular weight is 354 g/mol. The van der Waals surface area contributed by atoms with Gasteiger partial charge in [-0.15, -0.1) is 11.3 Å². The zero-order valence-electron chi connectivity index (χ0n) is 11.8. The number of halogens is 1. The van der Waals surface area contributed by atoms with Crippen LogP contribution in [0.15, 0.2) is 40.2 Å². The molecule has 0 saturated heterocycles. The van der Waals surface area contributed by atoms with E-state index in [0.29, 0.717) is 0 Å². The maximum Gasteiger partial charge on any atom is 0.148 e. The SMILES string of the molecule is CCCc1ccc(OC(c2cc(Br)cs2)C(C)N)cc1. The second-order valence-corrected chi connectivity index (χ2v) is 6.82. The van der Waals surface area contributed by atoms with Gasteiger partial charge in [0.15, 0.2) is 0 Å². The molecule has 1 aromatic carbocycles. The highest BCUT2D eigenvalue weighted by molar-refractivity contribution is 9.10. The summed E-state index contributed by atoms with van der Waals surface area (Å²) < 4.78 is 7.15. The van der Waals surface area contributed by atoms with Crippen molar-refractivity contribution in [2.24, 2.45) is 5.73 Å². The van der Waals surface area contributed by atoms with Gasteiger partial charge in [0, 0.05) is 20.8 Å². The molecule has 0 spiro atoms. The second kappa shape index (κ2) is 7.25. The van der Waals surface area contributed by atoms with E-state index in [1.165, 1.54) is 5.56 Å². The molecule has 108 valence electrons. The smallest absolute Gasteiger partial charge is 0.148 e. The monoisotopic (exact) mass is 353 g/mol. The van der Waals surface area contributed by atoms with Crippen molar-refractivity contribution < 1.29 is 4.74 Å². The van der Waals surface area contributed by atoms with Crippen molar-refractivity contribution in [2.45, 2.75) is 38.8 Å². The molecule has 0 radical (unpaired) electrons. The van der Waals surface area contributed by atoms with Crippen molar-refractivity contribution >= 4 is 27.3 Å². The molecule has 20 heavy (non-hydrogen) atoms. The summed E-state index contributed by atoms with van der Waals surface area (Å²) in [7, 11) is 0. The average Bonchev–Trinajstić information content (AvgIpc) is 2.84. The maximum atomic E-state index is 6.07. The summed E-state index contributed by atoms with van der Waals surface area (Å²) in [5, 5.41) is 2.05. The van der Waals surface area contributed by atoms with Gasteiger partial charge in [0.25, 0.3) is 0 Å². The number of ether oxygens (including phenoxy) is 1. The van der Waals surface area contributed by atoms with Crippen LogP contribution in [-0.4, -0.2) is 6.04 Å². The Morgan fingerprint density at radius 2 is 2.00 bits per heavy atom. The van der Waals surface area contributed by atoms with Crippen molar-refractivity contribution in [3.8, 4) is 5.75 Å². The van der Waals surface area contributed by atoms with Gasteiger partial charge in [-0.3, -0.25) is 0 Å². The first-order valence-electron chi connectivity index (χ1n) is 6.85. The summed E-state index contributed by atoms with van der Waals surface area (Å²) in [6.07, 6.45) is 2.16. The van der Waals surface area contributed by atoms with Gasteiger partial charge in [-0.2, -0.15) is 0 Å². The number of thiophene rings is 1. The summed E-state index contributed by atoms with van der Waals surface area (Å²) in [6, 6.07) is 10.3. The summed E-state index contributed by atoms with van der Waals surface area (Å²) in [5.41, 5.74) is 7.41. The van der Waals surface area contributed by atoms with Gasteiger partial charge < -0.3 is 10.5 Å². The lowest BCUT2D eigenvalue weighted by atomic mass is 10.1. The maximum absolute atomic E-state index is 6.07. The second-order valence-electron chi connectivity index (χ2n) is 4.96. The van der Waals surface area contributed by atoms with E-state index in [-0.39, 0.29) is 12.1 Å². The van der Waals surface area contributed by atoms with Crippen LogP contribution in [0.25, 0.3) is 0 Å². The predicted octanol–water partition coefficient (Wildman–Crippen LogP) is 4.93. The highest BCUT2D eigenvalue weighted by Gasteiger charge is 2.20.